The minimum absolute atomic E-state index is 0.0816. The fourth-order valence-electron chi connectivity index (χ4n) is 0.902. The number of aromatic hydroxyl groups is 1. The molecule has 1 aromatic carbocycles. The number of phenols is 1. The normalized spacial score (nSPS) is 9.47. The summed E-state index contributed by atoms with van der Waals surface area (Å²) in [7, 11) is 0. The molecule has 0 saturated heterocycles. The Bertz CT molecular complexity index is 406. The highest BCUT2D eigenvalue weighted by molar-refractivity contribution is 9.10. The third-order valence-corrected chi connectivity index (χ3v) is 2.05. The molecular formula is C9H9BrN2O3. The number of benzene rings is 1. The summed E-state index contributed by atoms with van der Waals surface area (Å²) in [6.07, 6.45) is 0. The molecule has 80 valence electrons. The monoisotopic (exact) mass is 272 g/mol. The van der Waals surface area contributed by atoms with Gasteiger partial charge < -0.3 is 5.11 Å². The van der Waals surface area contributed by atoms with Gasteiger partial charge in [-0.15, -0.1) is 0 Å². The molecule has 1 aromatic rings. The molecule has 1 rings (SSSR count). The van der Waals surface area contributed by atoms with E-state index in [1.165, 1.54) is 19.1 Å². The molecule has 0 unspecified atom stereocenters. The van der Waals surface area contributed by atoms with E-state index in [0.717, 1.165) is 0 Å². The number of hydrazine groups is 1. The zero-order chi connectivity index (χ0) is 11.4. The summed E-state index contributed by atoms with van der Waals surface area (Å²) in [5, 5.41) is 9.38. The Kier molecular flexibility index (Phi) is 3.68. The van der Waals surface area contributed by atoms with Gasteiger partial charge in [0.15, 0.2) is 0 Å². The number of hydrogen-bond donors (Lipinski definition) is 3. The van der Waals surface area contributed by atoms with Crippen LogP contribution in [0.5, 0.6) is 5.75 Å². The van der Waals surface area contributed by atoms with E-state index in [1.54, 1.807) is 6.07 Å². The second-order valence-electron chi connectivity index (χ2n) is 2.80. The lowest BCUT2D eigenvalue weighted by Gasteiger charge is -2.06. The lowest BCUT2D eigenvalue weighted by atomic mass is 10.2. The van der Waals surface area contributed by atoms with Crippen molar-refractivity contribution in [3.63, 3.8) is 0 Å². The van der Waals surface area contributed by atoms with Gasteiger partial charge in [0.1, 0.15) is 5.75 Å². The lowest BCUT2D eigenvalue weighted by molar-refractivity contribution is -0.119. The molecule has 0 aromatic heterocycles. The van der Waals surface area contributed by atoms with Crippen molar-refractivity contribution in [3.05, 3.63) is 28.2 Å². The molecule has 15 heavy (non-hydrogen) atoms. The van der Waals surface area contributed by atoms with Gasteiger partial charge >= 0.3 is 0 Å². The molecule has 0 saturated carbocycles. The SMILES string of the molecule is CC(=O)NNC(=O)c1cc(Br)ccc1O. The van der Waals surface area contributed by atoms with E-state index in [2.05, 4.69) is 26.8 Å². The molecule has 0 heterocycles. The first-order chi connectivity index (χ1) is 7.00. The Labute approximate surface area is 94.6 Å². The van der Waals surface area contributed by atoms with Crippen molar-refractivity contribution in [2.75, 3.05) is 0 Å². The van der Waals surface area contributed by atoms with Crippen molar-refractivity contribution in [3.8, 4) is 5.75 Å². The summed E-state index contributed by atoms with van der Waals surface area (Å²) < 4.78 is 0.660. The number of hydrogen-bond acceptors (Lipinski definition) is 3. The fourth-order valence-corrected chi connectivity index (χ4v) is 1.26. The van der Waals surface area contributed by atoms with Crippen LogP contribution in [0.15, 0.2) is 22.7 Å². The quantitative estimate of drug-likeness (QED) is 0.666. The van der Waals surface area contributed by atoms with Crippen LogP contribution in [-0.2, 0) is 4.79 Å². The van der Waals surface area contributed by atoms with Crippen molar-refractivity contribution >= 4 is 27.7 Å². The Morgan fingerprint density at radius 3 is 2.60 bits per heavy atom. The van der Waals surface area contributed by atoms with Gasteiger partial charge in [-0.05, 0) is 18.2 Å². The fraction of sp³-hybridized carbons (Fsp3) is 0.111. The molecule has 0 atom stereocenters. The second kappa shape index (κ2) is 4.79. The first kappa shape index (κ1) is 11.5. The van der Waals surface area contributed by atoms with E-state index < -0.39 is 11.8 Å². The van der Waals surface area contributed by atoms with Crippen molar-refractivity contribution in [2.45, 2.75) is 6.92 Å². The molecule has 0 aliphatic heterocycles. The standard InChI is InChI=1S/C9H9BrN2O3/c1-5(13)11-12-9(15)7-4-6(10)2-3-8(7)14/h2-4,14H,1H3,(H,11,13)(H,12,15). The average Bonchev–Trinajstić information content (AvgIpc) is 2.18. The van der Waals surface area contributed by atoms with Gasteiger partial charge in [-0.1, -0.05) is 15.9 Å². The Morgan fingerprint density at radius 1 is 1.33 bits per heavy atom. The highest BCUT2D eigenvalue weighted by atomic mass is 79.9. The topological polar surface area (TPSA) is 78.4 Å². The maximum Gasteiger partial charge on any atom is 0.273 e. The summed E-state index contributed by atoms with van der Waals surface area (Å²) >= 11 is 3.17. The van der Waals surface area contributed by atoms with Crippen molar-refractivity contribution in [1.82, 2.24) is 10.9 Å². The van der Waals surface area contributed by atoms with Gasteiger partial charge in [0.05, 0.1) is 5.56 Å². The van der Waals surface area contributed by atoms with E-state index in [9.17, 15) is 14.7 Å². The van der Waals surface area contributed by atoms with E-state index in [1.807, 2.05) is 0 Å². The van der Waals surface area contributed by atoms with E-state index >= 15 is 0 Å². The van der Waals surface area contributed by atoms with Gasteiger partial charge in [0, 0.05) is 11.4 Å². The minimum atomic E-state index is -0.580. The Balaban J connectivity index is 2.81. The van der Waals surface area contributed by atoms with Crippen molar-refractivity contribution in [1.29, 1.82) is 0 Å². The molecule has 0 aliphatic rings. The summed E-state index contributed by atoms with van der Waals surface area (Å²) in [5.41, 5.74) is 4.35. The number of carbonyl (C=O) groups is 2. The Hall–Kier alpha value is -1.56. The number of nitrogens with one attached hydrogen (secondary N) is 2. The minimum Gasteiger partial charge on any atom is -0.507 e. The number of phenolic OH excluding ortho intramolecular Hbond substituents is 1. The van der Waals surface area contributed by atoms with Crippen LogP contribution in [0.1, 0.15) is 17.3 Å². The zero-order valence-corrected chi connectivity index (χ0v) is 9.46. The van der Waals surface area contributed by atoms with Gasteiger partial charge in [0.2, 0.25) is 5.91 Å². The van der Waals surface area contributed by atoms with Gasteiger partial charge in [-0.25, -0.2) is 0 Å². The number of halogens is 1. The molecule has 3 N–H and O–H groups in total. The predicted octanol–water partition coefficient (Wildman–Crippen LogP) is 0.936. The molecule has 0 radical (unpaired) electrons. The van der Waals surface area contributed by atoms with Crippen LogP contribution in [0.25, 0.3) is 0 Å². The summed E-state index contributed by atoms with van der Waals surface area (Å²) in [6.45, 7) is 1.26. The highest BCUT2D eigenvalue weighted by Crippen LogP contribution is 2.21. The zero-order valence-electron chi connectivity index (χ0n) is 7.87. The van der Waals surface area contributed by atoms with Crippen LogP contribution in [0.3, 0.4) is 0 Å². The van der Waals surface area contributed by atoms with Gasteiger partial charge in [-0.3, -0.25) is 20.4 Å². The van der Waals surface area contributed by atoms with E-state index in [4.69, 9.17) is 0 Å². The second-order valence-corrected chi connectivity index (χ2v) is 3.71. The smallest absolute Gasteiger partial charge is 0.273 e. The molecule has 6 heteroatoms. The summed E-state index contributed by atoms with van der Waals surface area (Å²) in [5.74, 6) is -1.12. The first-order valence-electron chi connectivity index (χ1n) is 4.06. The Morgan fingerprint density at radius 2 is 2.00 bits per heavy atom. The highest BCUT2D eigenvalue weighted by Gasteiger charge is 2.11. The molecule has 5 nitrogen and oxygen atoms in total. The molecule has 0 fully saturated rings. The van der Waals surface area contributed by atoms with Crippen LogP contribution in [0.4, 0.5) is 0 Å². The van der Waals surface area contributed by atoms with Gasteiger partial charge in [0.25, 0.3) is 5.91 Å². The van der Waals surface area contributed by atoms with Crippen LogP contribution in [0, 0.1) is 0 Å². The average molecular weight is 273 g/mol. The molecular weight excluding hydrogens is 264 g/mol. The predicted molar refractivity (Wildman–Crippen MR) is 57.1 cm³/mol. The third kappa shape index (κ3) is 3.25. The molecule has 0 spiro atoms. The molecule has 0 aliphatic carbocycles. The van der Waals surface area contributed by atoms with Crippen LogP contribution in [-0.4, -0.2) is 16.9 Å². The number of rotatable bonds is 1. The lowest BCUT2D eigenvalue weighted by Crippen LogP contribution is -2.40. The largest absolute Gasteiger partial charge is 0.507 e. The van der Waals surface area contributed by atoms with E-state index in [-0.39, 0.29) is 11.3 Å². The van der Waals surface area contributed by atoms with E-state index in [0.29, 0.717) is 4.47 Å². The number of amides is 2. The van der Waals surface area contributed by atoms with Crippen LogP contribution < -0.4 is 10.9 Å². The first-order valence-corrected chi connectivity index (χ1v) is 4.85. The maximum atomic E-state index is 11.4. The summed E-state index contributed by atoms with van der Waals surface area (Å²) in [6, 6.07) is 4.43. The van der Waals surface area contributed by atoms with Crippen LogP contribution >= 0.6 is 15.9 Å². The number of carbonyl (C=O) groups excluding carboxylic acids is 2. The summed E-state index contributed by atoms with van der Waals surface area (Å²) in [4.78, 5) is 21.9. The van der Waals surface area contributed by atoms with Gasteiger partial charge in [-0.2, -0.15) is 0 Å². The molecule has 2 amide bonds. The third-order valence-electron chi connectivity index (χ3n) is 1.56. The maximum absolute atomic E-state index is 11.4. The van der Waals surface area contributed by atoms with Crippen LogP contribution in [0.2, 0.25) is 0 Å². The van der Waals surface area contributed by atoms with Crippen molar-refractivity contribution in [2.24, 2.45) is 0 Å². The van der Waals surface area contributed by atoms with Crippen molar-refractivity contribution < 1.29 is 14.7 Å². The molecule has 0 bridgehead atoms.